The first-order valence-corrected chi connectivity index (χ1v) is 7.53. The molecule has 3 aliphatic rings. The SMILES string of the molecule is C=C(Cc1ccc2oncc2c1)C1CN2CCC1CC2. The Kier molecular flexibility index (Phi) is 2.88. The van der Waals surface area contributed by atoms with Crippen LogP contribution in [0.1, 0.15) is 18.4 Å². The van der Waals surface area contributed by atoms with Crippen LogP contribution in [0.4, 0.5) is 0 Å². The van der Waals surface area contributed by atoms with Gasteiger partial charge in [0.1, 0.15) is 0 Å². The average molecular weight is 268 g/mol. The summed E-state index contributed by atoms with van der Waals surface area (Å²) in [7, 11) is 0. The third-order valence-corrected chi connectivity index (χ3v) is 5.03. The number of hydrogen-bond acceptors (Lipinski definition) is 3. The molecule has 3 aliphatic heterocycles. The molecule has 3 heteroatoms. The highest BCUT2D eigenvalue weighted by molar-refractivity contribution is 5.76. The Hall–Kier alpha value is -1.61. The third-order valence-electron chi connectivity index (χ3n) is 5.03. The van der Waals surface area contributed by atoms with Gasteiger partial charge in [-0.25, -0.2) is 0 Å². The zero-order chi connectivity index (χ0) is 13.5. The standard InChI is InChI=1S/C17H20N2O/c1-12(16-11-19-6-4-14(16)5-7-19)8-13-2-3-17-15(9-13)10-18-20-17/h2-3,9-10,14,16H,1,4-8,11H2. The average Bonchev–Trinajstić information content (AvgIpc) is 2.96. The minimum absolute atomic E-state index is 0.690. The molecule has 3 saturated heterocycles. The summed E-state index contributed by atoms with van der Waals surface area (Å²) in [5, 5.41) is 4.93. The maximum absolute atomic E-state index is 5.16. The molecule has 0 amide bonds. The minimum atomic E-state index is 0.690. The monoisotopic (exact) mass is 268 g/mol. The van der Waals surface area contributed by atoms with Gasteiger partial charge in [-0.2, -0.15) is 0 Å². The Bertz CT molecular complexity index is 637. The smallest absolute Gasteiger partial charge is 0.166 e. The van der Waals surface area contributed by atoms with Crippen LogP contribution in [0.15, 0.2) is 41.1 Å². The molecule has 1 aromatic heterocycles. The molecule has 104 valence electrons. The van der Waals surface area contributed by atoms with Crippen LogP contribution in [0.3, 0.4) is 0 Å². The van der Waals surface area contributed by atoms with Gasteiger partial charge in [0, 0.05) is 11.9 Å². The van der Waals surface area contributed by atoms with E-state index >= 15 is 0 Å². The van der Waals surface area contributed by atoms with Crippen LogP contribution >= 0.6 is 0 Å². The van der Waals surface area contributed by atoms with Crippen LogP contribution in [0, 0.1) is 11.8 Å². The number of piperidine rings is 3. The van der Waals surface area contributed by atoms with Crippen molar-refractivity contribution >= 4 is 11.0 Å². The second-order valence-electron chi connectivity index (χ2n) is 6.28. The zero-order valence-electron chi connectivity index (χ0n) is 11.7. The lowest BCUT2D eigenvalue weighted by molar-refractivity contribution is 0.0675. The lowest BCUT2D eigenvalue weighted by atomic mass is 9.74. The van der Waals surface area contributed by atoms with E-state index in [1.54, 1.807) is 6.20 Å². The fraction of sp³-hybridized carbons (Fsp3) is 0.471. The fourth-order valence-corrected chi connectivity index (χ4v) is 3.85. The molecule has 1 unspecified atom stereocenters. The van der Waals surface area contributed by atoms with Gasteiger partial charge in [-0.05, 0) is 61.9 Å². The van der Waals surface area contributed by atoms with Gasteiger partial charge in [0.05, 0.1) is 6.20 Å². The number of fused-ring (bicyclic) bond motifs is 4. The van der Waals surface area contributed by atoms with Crippen LogP contribution in [0.5, 0.6) is 0 Å². The molecule has 2 aromatic rings. The molecule has 0 saturated carbocycles. The molecule has 4 heterocycles. The molecule has 5 rings (SSSR count). The lowest BCUT2D eigenvalue weighted by Gasteiger charge is -2.45. The van der Waals surface area contributed by atoms with Gasteiger partial charge in [0.2, 0.25) is 0 Å². The number of rotatable bonds is 3. The van der Waals surface area contributed by atoms with Crippen LogP contribution < -0.4 is 0 Å². The van der Waals surface area contributed by atoms with E-state index in [1.807, 2.05) is 6.07 Å². The number of benzene rings is 1. The normalized spacial score (nSPS) is 28.9. The largest absolute Gasteiger partial charge is 0.356 e. The minimum Gasteiger partial charge on any atom is -0.356 e. The Balaban J connectivity index is 1.51. The Morgan fingerprint density at radius 1 is 1.35 bits per heavy atom. The first-order chi connectivity index (χ1) is 9.79. The Morgan fingerprint density at radius 3 is 2.95 bits per heavy atom. The van der Waals surface area contributed by atoms with Crippen LogP contribution in [0.2, 0.25) is 0 Å². The summed E-state index contributed by atoms with van der Waals surface area (Å²) in [5.74, 6) is 1.56. The van der Waals surface area contributed by atoms with E-state index in [-0.39, 0.29) is 0 Å². The van der Waals surface area contributed by atoms with Gasteiger partial charge in [-0.3, -0.25) is 0 Å². The highest BCUT2D eigenvalue weighted by Gasteiger charge is 2.35. The van der Waals surface area contributed by atoms with Crippen LogP contribution in [-0.4, -0.2) is 29.7 Å². The maximum Gasteiger partial charge on any atom is 0.166 e. The summed E-state index contributed by atoms with van der Waals surface area (Å²) >= 11 is 0. The first-order valence-electron chi connectivity index (χ1n) is 7.53. The van der Waals surface area contributed by atoms with E-state index in [0.717, 1.165) is 23.3 Å². The molecular formula is C17H20N2O. The third kappa shape index (κ3) is 2.06. The maximum atomic E-state index is 5.16. The van der Waals surface area contributed by atoms with E-state index in [9.17, 15) is 0 Å². The van der Waals surface area contributed by atoms with Gasteiger partial charge < -0.3 is 9.42 Å². The summed E-state index contributed by atoms with van der Waals surface area (Å²) in [5.41, 5.74) is 3.58. The van der Waals surface area contributed by atoms with E-state index in [2.05, 4.69) is 28.8 Å². The van der Waals surface area contributed by atoms with Gasteiger partial charge in [0.25, 0.3) is 0 Å². The van der Waals surface area contributed by atoms with Crippen molar-refractivity contribution in [2.45, 2.75) is 19.3 Å². The van der Waals surface area contributed by atoms with E-state index < -0.39 is 0 Å². The molecule has 0 N–H and O–H groups in total. The van der Waals surface area contributed by atoms with Crippen molar-refractivity contribution in [3.05, 3.63) is 42.1 Å². The molecule has 0 spiro atoms. The van der Waals surface area contributed by atoms with E-state index in [4.69, 9.17) is 4.52 Å². The van der Waals surface area contributed by atoms with Crippen molar-refractivity contribution < 1.29 is 4.52 Å². The number of nitrogens with zero attached hydrogens (tertiary/aromatic N) is 2. The Labute approximate surface area is 119 Å². The molecule has 1 atom stereocenters. The van der Waals surface area contributed by atoms with Crippen molar-refractivity contribution in [3.8, 4) is 0 Å². The highest BCUT2D eigenvalue weighted by Crippen LogP contribution is 2.37. The van der Waals surface area contributed by atoms with Crippen molar-refractivity contribution in [2.24, 2.45) is 11.8 Å². The summed E-state index contributed by atoms with van der Waals surface area (Å²) in [6, 6.07) is 6.33. The molecule has 20 heavy (non-hydrogen) atoms. The molecule has 1 aromatic carbocycles. The molecule has 3 fully saturated rings. The molecule has 0 aliphatic carbocycles. The molecular weight excluding hydrogens is 248 g/mol. The van der Waals surface area contributed by atoms with Gasteiger partial charge in [-0.1, -0.05) is 23.4 Å². The first kappa shape index (κ1) is 12.2. The van der Waals surface area contributed by atoms with E-state index in [0.29, 0.717) is 5.92 Å². The number of aromatic nitrogens is 1. The zero-order valence-corrected chi connectivity index (χ0v) is 11.7. The summed E-state index contributed by atoms with van der Waals surface area (Å²) in [6.07, 6.45) is 5.48. The van der Waals surface area contributed by atoms with Crippen molar-refractivity contribution in [1.82, 2.24) is 10.1 Å². The highest BCUT2D eigenvalue weighted by atomic mass is 16.5. The fourth-order valence-electron chi connectivity index (χ4n) is 3.85. The van der Waals surface area contributed by atoms with Crippen molar-refractivity contribution in [2.75, 3.05) is 19.6 Å². The van der Waals surface area contributed by atoms with Crippen molar-refractivity contribution in [1.29, 1.82) is 0 Å². The van der Waals surface area contributed by atoms with Crippen LogP contribution in [-0.2, 0) is 6.42 Å². The van der Waals surface area contributed by atoms with E-state index in [1.165, 1.54) is 43.6 Å². The topological polar surface area (TPSA) is 29.3 Å². The number of hydrogen-bond donors (Lipinski definition) is 0. The lowest BCUT2D eigenvalue weighted by Crippen LogP contribution is -2.48. The predicted octanol–water partition coefficient (Wildman–Crippen LogP) is 3.27. The van der Waals surface area contributed by atoms with Crippen LogP contribution in [0.25, 0.3) is 11.0 Å². The second-order valence-corrected chi connectivity index (χ2v) is 6.28. The van der Waals surface area contributed by atoms with Gasteiger partial charge in [-0.15, -0.1) is 0 Å². The van der Waals surface area contributed by atoms with Gasteiger partial charge >= 0.3 is 0 Å². The summed E-state index contributed by atoms with van der Waals surface area (Å²) < 4.78 is 5.16. The Morgan fingerprint density at radius 2 is 2.20 bits per heavy atom. The van der Waals surface area contributed by atoms with Crippen molar-refractivity contribution in [3.63, 3.8) is 0 Å². The predicted molar refractivity (Wildman–Crippen MR) is 79.5 cm³/mol. The summed E-state index contributed by atoms with van der Waals surface area (Å²) in [6.45, 7) is 8.20. The molecule has 0 radical (unpaired) electrons. The molecule has 2 bridgehead atoms. The molecule has 3 nitrogen and oxygen atoms in total. The quantitative estimate of drug-likeness (QED) is 0.800. The summed E-state index contributed by atoms with van der Waals surface area (Å²) in [4.78, 5) is 2.60. The van der Waals surface area contributed by atoms with Gasteiger partial charge in [0.15, 0.2) is 5.58 Å². The second kappa shape index (κ2) is 4.74.